The van der Waals surface area contributed by atoms with Crippen LogP contribution in [0.5, 0.6) is 0 Å². The third-order valence-electron chi connectivity index (χ3n) is 1.53. The highest BCUT2D eigenvalue weighted by Crippen LogP contribution is 2.24. The van der Waals surface area contributed by atoms with E-state index >= 15 is 0 Å². The molecule has 0 amide bonds. The highest BCUT2D eigenvalue weighted by atomic mass is 79.9. The summed E-state index contributed by atoms with van der Waals surface area (Å²) in [6.45, 7) is 1.71. The molecule has 2 N–H and O–H groups in total. The molecule has 1 atom stereocenters. The summed E-state index contributed by atoms with van der Waals surface area (Å²) in [7, 11) is 0. The maximum absolute atomic E-state index is 12.7. The van der Waals surface area contributed by atoms with Gasteiger partial charge in [-0.2, -0.15) is 0 Å². The Morgan fingerprint density at radius 3 is 2.33 bits per heavy atom. The molecule has 12 heavy (non-hydrogen) atoms. The van der Waals surface area contributed by atoms with Gasteiger partial charge in [-0.25, -0.2) is 8.78 Å². The fourth-order valence-corrected chi connectivity index (χ4v) is 1.56. The summed E-state index contributed by atoms with van der Waals surface area (Å²) in [5, 5.41) is 0. The Balaban J connectivity index is 3.23. The van der Waals surface area contributed by atoms with Crippen molar-refractivity contribution in [2.45, 2.75) is 13.0 Å². The summed E-state index contributed by atoms with van der Waals surface area (Å²) in [5.41, 5.74) is 6.08. The second kappa shape index (κ2) is 3.49. The van der Waals surface area contributed by atoms with E-state index in [0.29, 0.717) is 10.0 Å². The monoisotopic (exact) mass is 235 g/mol. The molecule has 1 nitrogen and oxygen atoms in total. The molecule has 0 heterocycles. The first-order chi connectivity index (χ1) is 5.52. The summed E-state index contributed by atoms with van der Waals surface area (Å²) in [6.07, 6.45) is 0. The minimum absolute atomic E-state index is 0.311. The lowest BCUT2D eigenvalue weighted by Gasteiger charge is -2.08. The Labute approximate surface area is 77.7 Å². The van der Waals surface area contributed by atoms with Gasteiger partial charge in [0.1, 0.15) is 0 Å². The van der Waals surface area contributed by atoms with Gasteiger partial charge < -0.3 is 5.73 Å². The second-order valence-corrected chi connectivity index (χ2v) is 3.43. The Bertz CT molecular complexity index is 299. The fraction of sp³-hybridized carbons (Fsp3) is 0.250. The maximum atomic E-state index is 12.7. The highest BCUT2D eigenvalue weighted by Gasteiger charge is 2.10. The Morgan fingerprint density at radius 1 is 1.33 bits per heavy atom. The molecule has 66 valence electrons. The van der Waals surface area contributed by atoms with E-state index in [0.717, 1.165) is 12.1 Å². The first kappa shape index (κ1) is 9.61. The maximum Gasteiger partial charge on any atom is 0.159 e. The zero-order valence-electron chi connectivity index (χ0n) is 6.44. The van der Waals surface area contributed by atoms with E-state index < -0.39 is 11.6 Å². The molecule has 1 aromatic rings. The molecule has 0 fully saturated rings. The number of benzene rings is 1. The smallest absolute Gasteiger partial charge is 0.159 e. The molecule has 1 aromatic carbocycles. The lowest BCUT2D eigenvalue weighted by atomic mass is 10.1. The zero-order valence-corrected chi connectivity index (χ0v) is 8.03. The summed E-state index contributed by atoms with van der Waals surface area (Å²) >= 11 is 3.10. The molecule has 0 aliphatic rings. The average molecular weight is 236 g/mol. The van der Waals surface area contributed by atoms with E-state index in [-0.39, 0.29) is 6.04 Å². The molecule has 0 spiro atoms. The van der Waals surface area contributed by atoms with Gasteiger partial charge in [-0.15, -0.1) is 0 Å². The predicted molar refractivity (Wildman–Crippen MR) is 46.7 cm³/mol. The molecule has 0 aromatic heterocycles. The van der Waals surface area contributed by atoms with Crippen LogP contribution in [0.2, 0.25) is 0 Å². The Hall–Kier alpha value is -0.480. The lowest BCUT2D eigenvalue weighted by Crippen LogP contribution is -2.06. The SMILES string of the molecule is CC(N)c1cc(F)c(F)cc1Br. The molecular formula is C8H8BrF2N. The topological polar surface area (TPSA) is 26.0 Å². The van der Waals surface area contributed by atoms with E-state index in [1.54, 1.807) is 6.92 Å². The van der Waals surface area contributed by atoms with E-state index in [1.807, 2.05) is 0 Å². The van der Waals surface area contributed by atoms with Crippen molar-refractivity contribution in [1.29, 1.82) is 0 Å². The Morgan fingerprint density at radius 2 is 1.83 bits per heavy atom. The molecule has 1 rings (SSSR count). The molecule has 0 radical (unpaired) electrons. The van der Waals surface area contributed by atoms with Crippen LogP contribution in [0.3, 0.4) is 0 Å². The molecule has 1 unspecified atom stereocenters. The summed E-state index contributed by atoms with van der Waals surface area (Å²) in [6, 6.07) is 1.87. The van der Waals surface area contributed by atoms with Crippen molar-refractivity contribution in [3.63, 3.8) is 0 Å². The van der Waals surface area contributed by atoms with Crippen LogP contribution in [0.15, 0.2) is 16.6 Å². The molecule has 0 saturated heterocycles. The summed E-state index contributed by atoms with van der Waals surface area (Å²) in [4.78, 5) is 0. The number of rotatable bonds is 1. The van der Waals surface area contributed by atoms with Crippen LogP contribution in [-0.2, 0) is 0 Å². The van der Waals surface area contributed by atoms with Gasteiger partial charge in [0.05, 0.1) is 0 Å². The van der Waals surface area contributed by atoms with Crippen LogP contribution < -0.4 is 5.73 Å². The van der Waals surface area contributed by atoms with E-state index in [2.05, 4.69) is 15.9 Å². The van der Waals surface area contributed by atoms with Gasteiger partial charge >= 0.3 is 0 Å². The largest absolute Gasteiger partial charge is 0.324 e. The van der Waals surface area contributed by atoms with Gasteiger partial charge in [0.15, 0.2) is 11.6 Å². The van der Waals surface area contributed by atoms with Crippen LogP contribution in [0.25, 0.3) is 0 Å². The fourth-order valence-electron chi connectivity index (χ4n) is 0.887. The summed E-state index contributed by atoms with van der Waals surface area (Å²) < 4.78 is 25.7. The number of hydrogen-bond acceptors (Lipinski definition) is 1. The molecule has 0 bridgehead atoms. The minimum atomic E-state index is -0.870. The second-order valence-electron chi connectivity index (χ2n) is 2.58. The van der Waals surface area contributed by atoms with E-state index in [9.17, 15) is 8.78 Å². The third-order valence-corrected chi connectivity index (χ3v) is 2.22. The van der Waals surface area contributed by atoms with Crippen molar-refractivity contribution in [2.75, 3.05) is 0 Å². The molecule has 0 saturated carbocycles. The lowest BCUT2D eigenvalue weighted by molar-refractivity contribution is 0.505. The summed E-state index contributed by atoms with van der Waals surface area (Å²) in [5.74, 6) is -1.74. The predicted octanol–water partition coefficient (Wildman–Crippen LogP) is 2.75. The van der Waals surface area contributed by atoms with Crippen LogP contribution in [-0.4, -0.2) is 0 Å². The molecular weight excluding hydrogens is 228 g/mol. The van der Waals surface area contributed by atoms with Crippen molar-refractivity contribution in [2.24, 2.45) is 5.73 Å². The number of hydrogen-bond donors (Lipinski definition) is 1. The highest BCUT2D eigenvalue weighted by molar-refractivity contribution is 9.10. The van der Waals surface area contributed by atoms with Gasteiger partial charge in [-0.3, -0.25) is 0 Å². The van der Waals surface area contributed by atoms with Gasteiger partial charge in [0, 0.05) is 10.5 Å². The quantitative estimate of drug-likeness (QED) is 0.745. The first-order valence-corrected chi connectivity index (χ1v) is 4.21. The van der Waals surface area contributed by atoms with Crippen LogP contribution in [0.4, 0.5) is 8.78 Å². The molecule has 4 heteroatoms. The molecule has 0 aliphatic heterocycles. The van der Waals surface area contributed by atoms with Crippen molar-refractivity contribution >= 4 is 15.9 Å². The zero-order chi connectivity index (χ0) is 9.30. The van der Waals surface area contributed by atoms with Crippen molar-refractivity contribution in [3.8, 4) is 0 Å². The van der Waals surface area contributed by atoms with Crippen molar-refractivity contribution < 1.29 is 8.78 Å². The van der Waals surface area contributed by atoms with Gasteiger partial charge in [0.25, 0.3) is 0 Å². The normalized spacial score (nSPS) is 13.1. The van der Waals surface area contributed by atoms with Crippen LogP contribution >= 0.6 is 15.9 Å². The van der Waals surface area contributed by atoms with Gasteiger partial charge in [-0.05, 0) is 24.6 Å². The molecule has 0 aliphatic carbocycles. The minimum Gasteiger partial charge on any atom is -0.324 e. The van der Waals surface area contributed by atoms with Crippen molar-refractivity contribution in [1.82, 2.24) is 0 Å². The number of nitrogens with two attached hydrogens (primary N) is 1. The van der Waals surface area contributed by atoms with Crippen LogP contribution in [0, 0.1) is 11.6 Å². The van der Waals surface area contributed by atoms with Gasteiger partial charge in [0.2, 0.25) is 0 Å². The van der Waals surface area contributed by atoms with Crippen molar-refractivity contribution in [3.05, 3.63) is 33.8 Å². The Kier molecular flexibility index (Phi) is 2.80. The van der Waals surface area contributed by atoms with Crippen LogP contribution in [0.1, 0.15) is 18.5 Å². The van der Waals surface area contributed by atoms with Gasteiger partial charge in [-0.1, -0.05) is 15.9 Å². The van der Waals surface area contributed by atoms with E-state index in [1.165, 1.54) is 0 Å². The average Bonchev–Trinajstić information content (AvgIpc) is 1.96. The number of halogens is 3. The van der Waals surface area contributed by atoms with E-state index in [4.69, 9.17) is 5.73 Å². The third kappa shape index (κ3) is 1.81. The standard InChI is InChI=1S/C8H8BrF2N/c1-4(12)5-2-7(10)8(11)3-6(5)9/h2-4H,12H2,1H3. The first-order valence-electron chi connectivity index (χ1n) is 3.42.